The molecule has 2 rings (SSSR count). The molecule has 6 nitrogen and oxygen atoms in total. The number of carbonyl (C=O) groups is 2. The number of para-hydroxylation sites is 1. The maximum absolute atomic E-state index is 9.10. The molecule has 0 aromatic heterocycles. The van der Waals surface area contributed by atoms with Crippen LogP contribution in [0.25, 0.3) is 0 Å². The Labute approximate surface area is 161 Å². The Hall–Kier alpha value is -2.34. The minimum absolute atomic E-state index is 0.807. The number of aliphatic carboxylic acids is 2. The Kier molecular flexibility index (Phi) is 10.2. The second-order valence-corrected chi connectivity index (χ2v) is 6.89. The topological polar surface area (TPSA) is 87.1 Å². The Morgan fingerprint density at radius 3 is 2.44 bits per heavy atom. The van der Waals surface area contributed by atoms with Gasteiger partial charge in [-0.3, -0.25) is 0 Å². The maximum atomic E-state index is 9.10. The molecule has 6 heteroatoms. The molecule has 0 amide bonds. The van der Waals surface area contributed by atoms with Gasteiger partial charge in [0.25, 0.3) is 0 Å². The number of carboxylic acids is 2. The highest BCUT2D eigenvalue weighted by Crippen LogP contribution is 2.24. The van der Waals surface area contributed by atoms with Gasteiger partial charge in [-0.1, -0.05) is 31.2 Å². The van der Waals surface area contributed by atoms with Crippen LogP contribution < -0.4 is 4.74 Å². The number of benzene rings is 1. The average molecular weight is 377 g/mol. The summed E-state index contributed by atoms with van der Waals surface area (Å²) in [5.74, 6) is -1.68. The number of rotatable bonds is 7. The number of nitrogens with zero attached hydrogens (tertiary/aromatic N) is 1. The molecule has 0 saturated carbocycles. The van der Waals surface area contributed by atoms with Crippen LogP contribution in [0.2, 0.25) is 0 Å². The summed E-state index contributed by atoms with van der Waals surface area (Å²) >= 11 is 0. The van der Waals surface area contributed by atoms with Crippen molar-refractivity contribution in [1.82, 2.24) is 4.90 Å². The van der Waals surface area contributed by atoms with Crippen LogP contribution in [0.4, 0.5) is 0 Å². The monoisotopic (exact) mass is 377 g/mol. The molecule has 0 radical (unpaired) electrons. The van der Waals surface area contributed by atoms with Crippen LogP contribution in [-0.2, 0) is 16.0 Å². The molecule has 0 atom stereocenters. The zero-order chi connectivity index (χ0) is 20.2. The van der Waals surface area contributed by atoms with E-state index in [9.17, 15) is 0 Å². The lowest BCUT2D eigenvalue weighted by molar-refractivity contribution is -0.159. The van der Waals surface area contributed by atoms with Gasteiger partial charge < -0.3 is 19.8 Å². The van der Waals surface area contributed by atoms with Crippen molar-refractivity contribution in [3.8, 4) is 5.75 Å². The molecule has 0 unspecified atom stereocenters. The third-order valence-electron chi connectivity index (χ3n) is 4.58. The van der Waals surface area contributed by atoms with Crippen molar-refractivity contribution in [3.63, 3.8) is 0 Å². The van der Waals surface area contributed by atoms with Gasteiger partial charge in [0.05, 0.1) is 6.61 Å². The summed E-state index contributed by atoms with van der Waals surface area (Å²) in [6, 6.07) is 6.35. The van der Waals surface area contributed by atoms with E-state index in [1.54, 1.807) is 0 Å². The fraction of sp³-hybridized carbons (Fsp3) is 0.524. The number of hydrogen-bond acceptors (Lipinski definition) is 4. The average Bonchev–Trinajstić information content (AvgIpc) is 2.63. The standard InChI is InChI=1S/C19H29NO.C2H2O4/c1-4-7-18-9-5-8-17(3)19(18)21-15-6-12-20-13-10-16(2)11-14-20;3-1(4)2(5)6/h4-5,8-9,16H,1,6-7,10-15H2,2-3H3;(H,3,4)(H,5,6). The fourth-order valence-electron chi connectivity index (χ4n) is 2.98. The van der Waals surface area contributed by atoms with Crippen molar-refractivity contribution in [1.29, 1.82) is 0 Å². The van der Waals surface area contributed by atoms with Gasteiger partial charge >= 0.3 is 11.9 Å². The third-order valence-corrected chi connectivity index (χ3v) is 4.58. The van der Waals surface area contributed by atoms with E-state index in [4.69, 9.17) is 24.5 Å². The van der Waals surface area contributed by atoms with Crippen molar-refractivity contribution in [2.45, 2.75) is 39.5 Å². The fourth-order valence-corrected chi connectivity index (χ4v) is 2.98. The Morgan fingerprint density at radius 1 is 1.26 bits per heavy atom. The number of hydrogen-bond donors (Lipinski definition) is 2. The normalized spacial score (nSPS) is 14.7. The van der Waals surface area contributed by atoms with Gasteiger partial charge in [-0.25, -0.2) is 9.59 Å². The van der Waals surface area contributed by atoms with Crippen molar-refractivity contribution in [3.05, 3.63) is 42.0 Å². The minimum Gasteiger partial charge on any atom is -0.493 e. The highest BCUT2D eigenvalue weighted by atomic mass is 16.5. The van der Waals surface area contributed by atoms with Crippen molar-refractivity contribution in [2.24, 2.45) is 5.92 Å². The van der Waals surface area contributed by atoms with Gasteiger partial charge in [0, 0.05) is 6.54 Å². The SMILES string of the molecule is C=CCc1cccc(C)c1OCCCN1CCC(C)CC1.O=C(O)C(=O)O. The zero-order valence-electron chi connectivity index (χ0n) is 16.3. The number of ether oxygens (including phenoxy) is 1. The van der Waals surface area contributed by atoms with Crippen LogP contribution in [0.5, 0.6) is 5.75 Å². The summed E-state index contributed by atoms with van der Waals surface area (Å²) in [6.07, 6.45) is 6.62. The van der Waals surface area contributed by atoms with E-state index in [0.717, 1.165) is 37.7 Å². The first kappa shape index (κ1) is 22.7. The molecule has 1 heterocycles. The van der Waals surface area contributed by atoms with E-state index in [2.05, 4.69) is 43.5 Å². The summed E-state index contributed by atoms with van der Waals surface area (Å²) in [7, 11) is 0. The summed E-state index contributed by atoms with van der Waals surface area (Å²) in [5, 5.41) is 14.8. The number of aryl methyl sites for hydroxylation is 1. The predicted octanol–water partition coefficient (Wildman–Crippen LogP) is 3.38. The van der Waals surface area contributed by atoms with E-state index < -0.39 is 11.9 Å². The number of likely N-dealkylation sites (tertiary alicyclic amines) is 1. The lowest BCUT2D eigenvalue weighted by Gasteiger charge is -2.30. The van der Waals surface area contributed by atoms with Gasteiger partial charge in [0.1, 0.15) is 5.75 Å². The van der Waals surface area contributed by atoms with Gasteiger partial charge in [0.15, 0.2) is 0 Å². The van der Waals surface area contributed by atoms with Gasteiger partial charge in [-0.05, 0) is 62.7 Å². The molecule has 27 heavy (non-hydrogen) atoms. The molecular formula is C21H31NO5. The Morgan fingerprint density at radius 2 is 1.89 bits per heavy atom. The zero-order valence-corrected chi connectivity index (χ0v) is 16.3. The van der Waals surface area contributed by atoms with E-state index in [-0.39, 0.29) is 0 Å². The second-order valence-electron chi connectivity index (χ2n) is 6.89. The molecular weight excluding hydrogens is 346 g/mol. The number of piperidine rings is 1. The molecule has 1 fully saturated rings. The molecule has 2 N–H and O–H groups in total. The van der Waals surface area contributed by atoms with E-state index in [0.29, 0.717) is 0 Å². The molecule has 0 aliphatic carbocycles. The lowest BCUT2D eigenvalue weighted by Crippen LogP contribution is -2.34. The van der Waals surface area contributed by atoms with Crippen molar-refractivity contribution >= 4 is 11.9 Å². The smallest absolute Gasteiger partial charge is 0.414 e. The van der Waals surface area contributed by atoms with Crippen LogP contribution in [0.15, 0.2) is 30.9 Å². The van der Waals surface area contributed by atoms with Crippen molar-refractivity contribution in [2.75, 3.05) is 26.2 Å². The molecule has 1 aromatic carbocycles. The largest absolute Gasteiger partial charge is 0.493 e. The maximum Gasteiger partial charge on any atom is 0.414 e. The molecule has 1 aliphatic rings. The molecule has 1 aliphatic heterocycles. The summed E-state index contributed by atoms with van der Waals surface area (Å²) in [5.41, 5.74) is 2.47. The number of allylic oxidation sites excluding steroid dienone is 1. The van der Waals surface area contributed by atoms with Crippen molar-refractivity contribution < 1.29 is 24.5 Å². The summed E-state index contributed by atoms with van der Waals surface area (Å²) < 4.78 is 6.06. The van der Waals surface area contributed by atoms with Crippen LogP contribution >= 0.6 is 0 Å². The molecule has 0 bridgehead atoms. The molecule has 1 aromatic rings. The molecule has 0 spiro atoms. The summed E-state index contributed by atoms with van der Waals surface area (Å²) in [6.45, 7) is 12.8. The van der Waals surface area contributed by atoms with E-state index in [1.165, 1.54) is 37.1 Å². The first-order chi connectivity index (χ1) is 12.8. The predicted molar refractivity (Wildman–Crippen MR) is 105 cm³/mol. The lowest BCUT2D eigenvalue weighted by atomic mass is 9.99. The molecule has 1 saturated heterocycles. The van der Waals surface area contributed by atoms with Crippen LogP contribution in [0, 0.1) is 12.8 Å². The first-order valence-electron chi connectivity index (χ1n) is 9.35. The Bertz CT molecular complexity index is 609. The van der Waals surface area contributed by atoms with Gasteiger partial charge in [-0.15, -0.1) is 6.58 Å². The van der Waals surface area contributed by atoms with E-state index >= 15 is 0 Å². The molecule has 150 valence electrons. The Balaban J connectivity index is 0.000000527. The third kappa shape index (κ3) is 8.73. The second kappa shape index (κ2) is 12.1. The number of carboxylic acid groups (broad SMARTS) is 2. The van der Waals surface area contributed by atoms with E-state index in [1.807, 2.05) is 6.08 Å². The quantitative estimate of drug-likeness (QED) is 0.430. The van der Waals surface area contributed by atoms with Crippen LogP contribution in [-0.4, -0.2) is 53.3 Å². The van der Waals surface area contributed by atoms with Crippen LogP contribution in [0.1, 0.15) is 37.3 Å². The van der Waals surface area contributed by atoms with Gasteiger partial charge in [0.2, 0.25) is 0 Å². The summed E-state index contributed by atoms with van der Waals surface area (Å²) in [4.78, 5) is 20.8. The highest BCUT2D eigenvalue weighted by molar-refractivity contribution is 6.27. The van der Waals surface area contributed by atoms with Crippen LogP contribution in [0.3, 0.4) is 0 Å². The van der Waals surface area contributed by atoms with Gasteiger partial charge in [-0.2, -0.15) is 0 Å². The minimum atomic E-state index is -1.82. The highest BCUT2D eigenvalue weighted by Gasteiger charge is 2.15. The first-order valence-corrected chi connectivity index (χ1v) is 9.35.